The zero-order valence-corrected chi connectivity index (χ0v) is 13.6. The molecule has 0 bridgehead atoms. The molecule has 0 unspecified atom stereocenters. The summed E-state index contributed by atoms with van der Waals surface area (Å²) in [4.78, 5) is 4.66. The average molecular weight is 326 g/mol. The van der Waals surface area contributed by atoms with E-state index in [4.69, 9.17) is 9.47 Å². The van der Waals surface area contributed by atoms with E-state index in [9.17, 15) is 8.78 Å². The molecule has 0 amide bonds. The van der Waals surface area contributed by atoms with Gasteiger partial charge in [-0.05, 0) is 25.0 Å². The molecule has 6 heteroatoms. The van der Waals surface area contributed by atoms with Gasteiger partial charge in [-0.2, -0.15) is 0 Å². The van der Waals surface area contributed by atoms with Crippen molar-refractivity contribution in [2.24, 2.45) is 0 Å². The van der Waals surface area contributed by atoms with Gasteiger partial charge in [-0.15, -0.1) is 0 Å². The first kappa shape index (κ1) is 16.6. The van der Waals surface area contributed by atoms with Gasteiger partial charge < -0.3 is 9.47 Å². The summed E-state index contributed by atoms with van der Waals surface area (Å²) in [7, 11) is 1.49. The van der Waals surface area contributed by atoms with Crippen LogP contribution in [0.15, 0.2) is 12.1 Å². The van der Waals surface area contributed by atoms with E-state index in [1.165, 1.54) is 13.2 Å². The number of piperazine rings is 1. The van der Waals surface area contributed by atoms with E-state index in [0.29, 0.717) is 23.9 Å². The molecule has 4 nitrogen and oxygen atoms in total. The SMILES string of the molecule is COc1ccc(F)c(F)c1CN1CCN(C2CCOCC2)CC1. The normalized spacial score (nSPS) is 21.5. The second kappa shape index (κ2) is 7.55. The number of methoxy groups -OCH3 is 1. The van der Waals surface area contributed by atoms with E-state index in [0.717, 1.165) is 58.3 Å². The van der Waals surface area contributed by atoms with Crippen LogP contribution in [0.5, 0.6) is 5.75 Å². The molecule has 1 aromatic carbocycles. The van der Waals surface area contributed by atoms with Crippen LogP contribution in [-0.4, -0.2) is 62.3 Å². The van der Waals surface area contributed by atoms with Crippen LogP contribution in [0.25, 0.3) is 0 Å². The standard InChI is InChI=1S/C17H24F2N2O2/c1-22-16-3-2-15(18)17(19)14(16)12-20-6-8-21(9-7-20)13-4-10-23-11-5-13/h2-3,13H,4-12H2,1H3. The molecule has 128 valence electrons. The molecule has 0 spiro atoms. The highest BCUT2D eigenvalue weighted by Gasteiger charge is 2.26. The number of nitrogens with zero attached hydrogens (tertiary/aromatic N) is 2. The number of benzene rings is 1. The molecule has 0 radical (unpaired) electrons. The highest BCUT2D eigenvalue weighted by molar-refractivity contribution is 5.35. The zero-order chi connectivity index (χ0) is 16.2. The Labute approximate surface area is 136 Å². The van der Waals surface area contributed by atoms with Gasteiger partial charge in [0, 0.05) is 57.5 Å². The van der Waals surface area contributed by atoms with E-state index in [2.05, 4.69) is 9.80 Å². The molecule has 0 aliphatic carbocycles. The Kier molecular flexibility index (Phi) is 5.46. The third-order valence-corrected chi connectivity index (χ3v) is 4.87. The van der Waals surface area contributed by atoms with Crippen LogP contribution in [0, 0.1) is 11.6 Å². The van der Waals surface area contributed by atoms with E-state index < -0.39 is 11.6 Å². The summed E-state index contributed by atoms with van der Waals surface area (Å²) < 4.78 is 38.1. The molecule has 2 aliphatic heterocycles. The maximum Gasteiger partial charge on any atom is 0.167 e. The average Bonchev–Trinajstić information content (AvgIpc) is 2.61. The highest BCUT2D eigenvalue weighted by Crippen LogP contribution is 2.26. The van der Waals surface area contributed by atoms with Crippen molar-refractivity contribution in [1.29, 1.82) is 0 Å². The van der Waals surface area contributed by atoms with Crippen LogP contribution in [-0.2, 0) is 11.3 Å². The van der Waals surface area contributed by atoms with Crippen LogP contribution in [0.4, 0.5) is 8.78 Å². The molecule has 1 aromatic rings. The minimum atomic E-state index is -0.818. The molecule has 2 saturated heterocycles. The lowest BCUT2D eigenvalue weighted by molar-refractivity contribution is 0.0123. The van der Waals surface area contributed by atoms with E-state index in [1.807, 2.05) is 0 Å². The first-order chi connectivity index (χ1) is 11.2. The molecule has 2 heterocycles. The molecule has 0 N–H and O–H groups in total. The van der Waals surface area contributed by atoms with Crippen LogP contribution in [0.3, 0.4) is 0 Å². The summed E-state index contributed by atoms with van der Waals surface area (Å²) in [5, 5.41) is 0. The van der Waals surface area contributed by atoms with Crippen molar-refractivity contribution < 1.29 is 18.3 Å². The van der Waals surface area contributed by atoms with Crippen molar-refractivity contribution >= 4 is 0 Å². The molecule has 0 saturated carbocycles. The number of rotatable bonds is 4. The quantitative estimate of drug-likeness (QED) is 0.847. The Morgan fingerprint density at radius 3 is 2.48 bits per heavy atom. The molecule has 23 heavy (non-hydrogen) atoms. The van der Waals surface area contributed by atoms with Crippen LogP contribution >= 0.6 is 0 Å². The molecule has 2 fully saturated rings. The summed E-state index contributed by atoms with van der Waals surface area (Å²) in [6, 6.07) is 3.21. The van der Waals surface area contributed by atoms with Crippen molar-refractivity contribution in [3.8, 4) is 5.75 Å². The second-order valence-electron chi connectivity index (χ2n) is 6.20. The smallest absolute Gasteiger partial charge is 0.167 e. The van der Waals surface area contributed by atoms with Gasteiger partial charge in [0.15, 0.2) is 11.6 Å². The topological polar surface area (TPSA) is 24.9 Å². The summed E-state index contributed by atoms with van der Waals surface area (Å²) in [6.07, 6.45) is 2.18. The molecule has 3 rings (SSSR count). The highest BCUT2D eigenvalue weighted by atomic mass is 19.2. The van der Waals surface area contributed by atoms with E-state index >= 15 is 0 Å². The maximum absolute atomic E-state index is 14.1. The largest absolute Gasteiger partial charge is 0.496 e. The van der Waals surface area contributed by atoms with Gasteiger partial charge in [0.25, 0.3) is 0 Å². The molecule has 0 aromatic heterocycles. The van der Waals surface area contributed by atoms with Gasteiger partial charge in [0.05, 0.1) is 7.11 Å². The second-order valence-corrected chi connectivity index (χ2v) is 6.20. The maximum atomic E-state index is 14.1. The number of hydrogen-bond acceptors (Lipinski definition) is 4. The van der Waals surface area contributed by atoms with Crippen molar-refractivity contribution in [1.82, 2.24) is 9.80 Å². The van der Waals surface area contributed by atoms with Crippen LogP contribution in [0.2, 0.25) is 0 Å². The first-order valence-corrected chi connectivity index (χ1v) is 8.24. The molecule has 2 aliphatic rings. The third-order valence-electron chi connectivity index (χ3n) is 4.87. The molecular weight excluding hydrogens is 302 g/mol. The van der Waals surface area contributed by atoms with Gasteiger partial charge in [-0.3, -0.25) is 9.80 Å². The Hall–Kier alpha value is -1.24. The fourth-order valence-electron chi connectivity index (χ4n) is 3.47. The minimum Gasteiger partial charge on any atom is -0.496 e. The van der Waals surface area contributed by atoms with Crippen molar-refractivity contribution in [3.05, 3.63) is 29.3 Å². The van der Waals surface area contributed by atoms with Gasteiger partial charge in [-0.25, -0.2) is 8.78 Å². The van der Waals surface area contributed by atoms with Gasteiger partial charge in [0.2, 0.25) is 0 Å². The lowest BCUT2D eigenvalue weighted by Gasteiger charge is -2.40. The zero-order valence-electron chi connectivity index (χ0n) is 13.6. The number of hydrogen-bond donors (Lipinski definition) is 0. The predicted molar refractivity (Wildman–Crippen MR) is 83.6 cm³/mol. The Morgan fingerprint density at radius 2 is 1.83 bits per heavy atom. The van der Waals surface area contributed by atoms with Crippen molar-refractivity contribution in [2.75, 3.05) is 46.5 Å². The molecular formula is C17H24F2N2O2. The Morgan fingerprint density at radius 1 is 1.13 bits per heavy atom. The van der Waals surface area contributed by atoms with Gasteiger partial charge in [-0.1, -0.05) is 0 Å². The molecule has 0 atom stereocenters. The number of ether oxygens (including phenoxy) is 2. The fraction of sp³-hybridized carbons (Fsp3) is 0.647. The Bertz CT molecular complexity index is 528. The summed E-state index contributed by atoms with van der Waals surface area (Å²) in [5.41, 5.74) is 0.312. The fourth-order valence-corrected chi connectivity index (χ4v) is 3.47. The van der Waals surface area contributed by atoms with Crippen molar-refractivity contribution in [2.45, 2.75) is 25.4 Å². The van der Waals surface area contributed by atoms with Gasteiger partial charge in [0.1, 0.15) is 5.75 Å². The minimum absolute atomic E-state index is 0.312. The summed E-state index contributed by atoms with van der Waals surface area (Å²) >= 11 is 0. The third kappa shape index (κ3) is 3.82. The van der Waals surface area contributed by atoms with Crippen molar-refractivity contribution in [3.63, 3.8) is 0 Å². The lowest BCUT2D eigenvalue weighted by atomic mass is 10.1. The Balaban J connectivity index is 1.59. The van der Waals surface area contributed by atoms with E-state index in [-0.39, 0.29) is 0 Å². The van der Waals surface area contributed by atoms with Gasteiger partial charge >= 0.3 is 0 Å². The first-order valence-electron chi connectivity index (χ1n) is 8.24. The summed E-state index contributed by atoms with van der Waals surface area (Å²) in [5.74, 6) is -1.20. The van der Waals surface area contributed by atoms with E-state index in [1.54, 1.807) is 0 Å². The van der Waals surface area contributed by atoms with Crippen LogP contribution < -0.4 is 4.74 Å². The lowest BCUT2D eigenvalue weighted by Crippen LogP contribution is -2.51. The van der Waals surface area contributed by atoms with Crippen LogP contribution in [0.1, 0.15) is 18.4 Å². The predicted octanol–water partition coefficient (Wildman–Crippen LogP) is 2.27. The number of halogens is 2. The monoisotopic (exact) mass is 326 g/mol. The summed E-state index contributed by atoms with van der Waals surface area (Å²) in [6.45, 7) is 5.71.